The van der Waals surface area contributed by atoms with Gasteiger partial charge >= 0.3 is 0 Å². The lowest BCUT2D eigenvalue weighted by Crippen LogP contribution is -2.31. The zero-order chi connectivity index (χ0) is 15.7. The van der Waals surface area contributed by atoms with Crippen LogP contribution in [0.2, 0.25) is 0 Å². The van der Waals surface area contributed by atoms with Crippen molar-refractivity contribution in [3.63, 3.8) is 0 Å². The number of carbonyl (C=O) groups excluding carboxylic acids is 2. The summed E-state index contributed by atoms with van der Waals surface area (Å²) in [4.78, 5) is 26.9. The molecule has 2 heterocycles. The quantitative estimate of drug-likeness (QED) is 0.866. The van der Waals surface area contributed by atoms with Gasteiger partial charge in [0.1, 0.15) is 0 Å². The second kappa shape index (κ2) is 7.25. The minimum absolute atomic E-state index is 0. The van der Waals surface area contributed by atoms with Crippen LogP contribution < -0.4 is 5.73 Å². The van der Waals surface area contributed by atoms with Crippen molar-refractivity contribution in [3.05, 3.63) is 57.8 Å². The number of amides is 1. The molecule has 1 aliphatic rings. The van der Waals surface area contributed by atoms with Crippen LogP contribution in [-0.2, 0) is 0 Å². The lowest BCUT2D eigenvalue weighted by Gasteiger charge is -2.15. The number of likely N-dealkylation sites (tertiary alicyclic amines) is 1. The van der Waals surface area contributed by atoms with Gasteiger partial charge in [0.15, 0.2) is 5.78 Å². The maximum Gasteiger partial charge on any atom is 0.264 e. The Morgan fingerprint density at radius 3 is 2.35 bits per heavy atom. The summed E-state index contributed by atoms with van der Waals surface area (Å²) in [6, 6.07) is 13.4. The predicted molar refractivity (Wildman–Crippen MR) is 94.6 cm³/mol. The second-order valence-electron chi connectivity index (χ2n) is 5.61. The summed E-state index contributed by atoms with van der Waals surface area (Å²) in [6.45, 7) is 2.68. The van der Waals surface area contributed by atoms with Gasteiger partial charge in [-0.2, -0.15) is 0 Å². The van der Waals surface area contributed by atoms with Gasteiger partial charge in [-0.15, -0.1) is 23.7 Å². The van der Waals surface area contributed by atoms with E-state index in [9.17, 15) is 9.59 Å². The number of carbonyl (C=O) groups is 2. The van der Waals surface area contributed by atoms with Gasteiger partial charge < -0.3 is 10.6 Å². The lowest BCUT2D eigenvalue weighted by molar-refractivity contribution is 0.0793. The second-order valence-corrected chi connectivity index (χ2v) is 6.70. The molecule has 2 aromatic rings. The summed E-state index contributed by atoms with van der Waals surface area (Å²) < 4.78 is 0. The van der Waals surface area contributed by atoms with E-state index in [-0.39, 0.29) is 36.1 Å². The van der Waals surface area contributed by atoms with Crippen LogP contribution in [0.25, 0.3) is 0 Å². The first kappa shape index (κ1) is 17.7. The Kier molecular flexibility index (Phi) is 5.57. The summed E-state index contributed by atoms with van der Waals surface area (Å²) in [5, 5.41) is 0. The molecule has 1 aliphatic heterocycles. The molecule has 1 fully saturated rings. The number of nitrogens with two attached hydrogens (primary N) is 1. The fourth-order valence-electron chi connectivity index (χ4n) is 2.85. The molecule has 6 heteroatoms. The molecule has 1 saturated heterocycles. The topological polar surface area (TPSA) is 63.4 Å². The van der Waals surface area contributed by atoms with E-state index < -0.39 is 0 Å². The smallest absolute Gasteiger partial charge is 0.264 e. The molecule has 0 unspecified atom stereocenters. The third kappa shape index (κ3) is 3.63. The third-order valence-electron chi connectivity index (χ3n) is 4.04. The number of nitrogens with zero attached hydrogens (tertiary/aromatic N) is 1. The molecule has 0 radical (unpaired) electrons. The van der Waals surface area contributed by atoms with Crippen molar-refractivity contribution in [2.75, 3.05) is 13.1 Å². The maximum atomic E-state index is 12.6. The van der Waals surface area contributed by atoms with Crippen molar-refractivity contribution in [2.45, 2.75) is 18.9 Å². The number of hydrogen-bond acceptors (Lipinski definition) is 4. The Morgan fingerprint density at radius 1 is 1.09 bits per heavy atom. The molecule has 1 aromatic carbocycles. The molecule has 4 nitrogen and oxygen atoms in total. The lowest BCUT2D eigenvalue weighted by atomic mass is 9.95. The number of rotatable bonds is 3. The average Bonchev–Trinajstić information content (AvgIpc) is 3.14. The molecule has 0 bridgehead atoms. The van der Waals surface area contributed by atoms with Gasteiger partial charge in [-0.05, 0) is 24.6 Å². The Balaban J connectivity index is 0.00000192. The number of ketones is 1. The fourth-order valence-corrected chi connectivity index (χ4v) is 3.71. The highest BCUT2D eigenvalue weighted by molar-refractivity contribution is 7.15. The van der Waals surface area contributed by atoms with Crippen LogP contribution in [0.15, 0.2) is 42.5 Å². The van der Waals surface area contributed by atoms with Gasteiger partial charge in [-0.25, -0.2) is 0 Å². The minimum atomic E-state index is -0.0569. The Labute approximate surface area is 145 Å². The van der Waals surface area contributed by atoms with Gasteiger partial charge in [0.05, 0.1) is 9.75 Å². The standard InChI is InChI=1S/C17H18N2O2S.ClH/c1-11(20)15-7-8-16(22-15)17(21)19-9-13(14(18)10-19)12-5-3-2-4-6-12;/h2-8,13-14H,9-10,18H2,1H3;1H/t13-,14+;/m0./s1. The first-order valence-corrected chi connectivity index (χ1v) is 8.08. The summed E-state index contributed by atoms with van der Waals surface area (Å²) in [5.41, 5.74) is 7.39. The molecule has 3 rings (SSSR count). The van der Waals surface area contributed by atoms with Gasteiger partial charge in [0.25, 0.3) is 5.91 Å². The Morgan fingerprint density at radius 2 is 1.74 bits per heavy atom. The monoisotopic (exact) mass is 350 g/mol. The summed E-state index contributed by atoms with van der Waals surface area (Å²) in [6.07, 6.45) is 0. The molecular formula is C17H19ClN2O2S. The van der Waals surface area contributed by atoms with Crippen LogP contribution in [0.4, 0.5) is 0 Å². The van der Waals surface area contributed by atoms with Gasteiger partial charge in [-0.1, -0.05) is 30.3 Å². The van der Waals surface area contributed by atoms with Crippen LogP contribution in [0.1, 0.15) is 37.7 Å². The molecule has 2 N–H and O–H groups in total. The maximum absolute atomic E-state index is 12.6. The average molecular weight is 351 g/mol. The molecule has 1 aromatic heterocycles. The first-order chi connectivity index (χ1) is 10.6. The zero-order valence-corrected chi connectivity index (χ0v) is 14.4. The van der Waals surface area contributed by atoms with Crippen LogP contribution in [0.5, 0.6) is 0 Å². The molecule has 0 spiro atoms. The molecule has 2 atom stereocenters. The summed E-state index contributed by atoms with van der Waals surface area (Å²) in [5.74, 6) is 0.119. The van der Waals surface area contributed by atoms with Crippen molar-refractivity contribution in [3.8, 4) is 0 Å². The third-order valence-corrected chi connectivity index (χ3v) is 5.22. The molecular weight excluding hydrogens is 332 g/mol. The number of thiophene rings is 1. The highest BCUT2D eigenvalue weighted by atomic mass is 35.5. The van der Waals surface area contributed by atoms with E-state index in [1.807, 2.05) is 18.2 Å². The number of halogens is 1. The fraction of sp³-hybridized carbons (Fsp3) is 0.294. The largest absolute Gasteiger partial charge is 0.336 e. The molecule has 0 saturated carbocycles. The van der Waals surface area contributed by atoms with Crippen LogP contribution in [-0.4, -0.2) is 35.7 Å². The van der Waals surface area contributed by atoms with E-state index in [2.05, 4.69) is 12.1 Å². The van der Waals surface area contributed by atoms with E-state index >= 15 is 0 Å². The van der Waals surface area contributed by atoms with Crippen LogP contribution in [0, 0.1) is 0 Å². The van der Waals surface area contributed by atoms with E-state index in [4.69, 9.17) is 5.73 Å². The van der Waals surface area contributed by atoms with Gasteiger partial charge in [-0.3, -0.25) is 9.59 Å². The highest BCUT2D eigenvalue weighted by Gasteiger charge is 2.34. The molecule has 23 heavy (non-hydrogen) atoms. The number of benzene rings is 1. The van der Waals surface area contributed by atoms with E-state index in [0.717, 1.165) is 0 Å². The van der Waals surface area contributed by atoms with Gasteiger partial charge in [0, 0.05) is 25.0 Å². The highest BCUT2D eigenvalue weighted by Crippen LogP contribution is 2.28. The van der Waals surface area contributed by atoms with Gasteiger partial charge in [0.2, 0.25) is 0 Å². The van der Waals surface area contributed by atoms with E-state index in [1.54, 1.807) is 17.0 Å². The first-order valence-electron chi connectivity index (χ1n) is 7.27. The van der Waals surface area contributed by atoms with Crippen molar-refractivity contribution in [1.29, 1.82) is 0 Å². The normalized spacial score (nSPS) is 20.2. The van der Waals surface area contributed by atoms with E-state index in [1.165, 1.54) is 23.8 Å². The van der Waals surface area contributed by atoms with Crippen molar-refractivity contribution in [1.82, 2.24) is 4.90 Å². The Hall–Kier alpha value is -1.69. The van der Waals surface area contributed by atoms with Crippen LogP contribution >= 0.6 is 23.7 Å². The summed E-state index contributed by atoms with van der Waals surface area (Å²) >= 11 is 1.25. The molecule has 0 aliphatic carbocycles. The molecule has 1 amide bonds. The van der Waals surface area contributed by atoms with Crippen molar-refractivity contribution < 1.29 is 9.59 Å². The van der Waals surface area contributed by atoms with Crippen molar-refractivity contribution in [2.24, 2.45) is 5.73 Å². The molecule has 122 valence electrons. The SMILES string of the molecule is CC(=O)c1ccc(C(=O)N2C[C@@H](N)[C@H](c3ccccc3)C2)s1.Cl. The number of Topliss-reactive ketones (excluding diaryl/α,β-unsaturated/α-hetero) is 1. The number of hydrogen-bond donors (Lipinski definition) is 1. The minimum Gasteiger partial charge on any atom is -0.336 e. The zero-order valence-electron chi connectivity index (χ0n) is 12.8. The van der Waals surface area contributed by atoms with E-state index in [0.29, 0.717) is 22.8 Å². The summed E-state index contributed by atoms with van der Waals surface area (Å²) in [7, 11) is 0. The predicted octanol–water partition coefficient (Wildman–Crippen LogP) is 2.94. The Bertz CT molecular complexity index is 702. The van der Waals surface area contributed by atoms with Crippen LogP contribution in [0.3, 0.4) is 0 Å². The van der Waals surface area contributed by atoms with Crippen molar-refractivity contribution >= 4 is 35.4 Å².